The van der Waals surface area contributed by atoms with E-state index in [1.54, 1.807) is 19.2 Å². The van der Waals surface area contributed by atoms with E-state index in [0.717, 1.165) is 37.7 Å². The Morgan fingerprint density at radius 2 is 2.08 bits per heavy atom. The lowest BCUT2D eigenvalue weighted by Crippen LogP contribution is -2.41. The molecule has 0 saturated carbocycles. The summed E-state index contributed by atoms with van der Waals surface area (Å²) in [7, 11) is 3.69. The van der Waals surface area contributed by atoms with Crippen molar-refractivity contribution >= 4 is 5.96 Å². The highest BCUT2D eigenvalue weighted by Gasteiger charge is 2.28. The van der Waals surface area contributed by atoms with Crippen LogP contribution in [0.3, 0.4) is 0 Å². The Morgan fingerprint density at radius 1 is 1.36 bits per heavy atom. The summed E-state index contributed by atoms with van der Waals surface area (Å²) < 4.78 is 46.5. The number of hydrogen-bond donors (Lipinski definition) is 1. The lowest BCUT2D eigenvalue weighted by atomic mass is 10.1. The summed E-state index contributed by atoms with van der Waals surface area (Å²) >= 11 is 0. The van der Waals surface area contributed by atoms with E-state index in [1.165, 1.54) is 12.1 Å². The van der Waals surface area contributed by atoms with Crippen LogP contribution in [0.5, 0.6) is 5.75 Å². The average Bonchev–Trinajstić information content (AvgIpc) is 3.07. The highest BCUT2D eigenvalue weighted by atomic mass is 19.4. The normalized spacial score (nSPS) is 18.3. The number of alkyl halides is 3. The van der Waals surface area contributed by atoms with Crippen LogP contribution in [0.25, 0.3) is 0 Å². The first-order chi connectivity index (χ1) is 11.9. The molecule has 0 spiro atoms. The third-order valence-electron chi connectivity index (χ3n) is 3.91. The van der Waals surface area contributed by atoms with E-state index in [-0.39, 0.29) is 5.75 Å². The molecule has 0 bridgehead atoms. The van der Waals surface area contributed by atoms with Gasteiger partial charge in [0, 0.05) is 39.7 Å². The monoisotopic (exact) mass is 359 g/mol. The van der Waals surface area contributed by atoms with Gasteiger partial charge in [-0.3, -0.25) is 4.99 Å². The highest BCUT2D eigenvalue weighted by Crippen LogP contribution is 2.19. The van der Waals surface area contributed by atoms with Crippen LogP contribution in [0.2, 0.25) is 0 Å². The van der Waals surface area contributed by atoms with E-state index in [2.05, 4.69) is 15.2 Å². The molecule has 2 rings (SSSR count). The zero-order valence-corrected chi connectivity index (χ0v) is 14.5. The standard InChI is InChI=1S/C17H24F3N3O2/c1-21-16(23(2)10-14-7-8-24-11-14)22-9-13-3-5-15(6-4-13)25-12-17(18,19)20/h3-6,14H,7-12H2,1-2H3,(H,21,22). The van der Waals surface area contributed by atoms with Crippen molar-refractivity contribution in [3.8, 4) is 5.75 Å². The predicted octanol–water partition coefficient (Wildman–Crippen LogP) is 2.67. The van der Waals surface area contributed by atoms with E-state index < -0.39 is 12.8 Å². The maximum Gasteiger partial charge on any atom is 0.422 e. The Kier molecular flexibility index (Phi) is 6.92. The first-order valence-electron chi connectivity index (χ1n) is 8.15. The Hall–Kier alpha value is -1.96. The van der Waals surface area contributed by atoms with Crippen LogP contribution in [-0.4, -0.2) is 57.5 Å². The van der Waals surface area contributed by atoms with Gasteiger partial charge in [0.25, 0.3) is 0 Å². The van der Waals surface area contributed by atoms with Gasteiger partial charge in [0.2, 0.25) is 0 Å². The molecule has 0 aromatic heterocycles. The maximum atomic E-state index is 12.1. The van der Waals surface area contributed by atoms with Gasteiger partial charge in [-0.25, -0.2) is 0 Å². The van der Waals surface area contributed by atoms with Crippen molar-refractivity contribution in [2.45, 2.75) is 19.1 Å². The molecule has 140 valence electrons. The number of aliphatic imine (C=N–C) groups is 1. The zero-order chi connectivity index (χ0) is 18.3. The molecule has 1 aliphatic heterocycles. The summed E-state index contributed by atoms with van der Waals surface area (Å²) in [6.45, 7) is 1.70. The predicted molar refractivity (Wildman–Crippen MR) is 89.7 cm³/mol. The van der Waals surface area contributed by atoms with E-state index in [1.807, 2.05) is 7.05 Å². The van der Waals surface area contributed by atoms with Crippen molar-refractivity contribution < 1.29 is 22.6 Å². The number of ether oxygens (including phenoxy) is 2. The molecule has 1 fully saturated rings. The Balaban J connectivity index is 1.80. The van der Waals surface area contributed by atoms with Crippen LogP contribution in [0.15, 0.2) is 29.3 Å². The average molecular weight is 359 g/mol. The Morgan fingerprint density at radius 3 is 2.64 bits per heavy atom. The Labute approximate surface area is 145 Å². The van der Waals surface area contributed by atoms with Gasteiger partial charge >= 0.3 is 6.18 Å². The largest absolute Gasteiger partial charge is 0.484 e. The number of benzene rings is 1. The van der Waals surface area contributed by atoms with Gasteiger partial charge in [-0.05, 0) is 24.1 Å². The van der Waals surface area contributed by atoms with Gasteiger partial charge in [0.05, 0.1) is 6.61 Å². The lowest BCUT2D eigenvalue weighted by Gasteiger charge is -2.24. The molecule has 1 heterocycles. The number of hydrogen-bond acceptors (Lipinski definition) is 3. The molecule has 0 radical (unpaired) electrons. The molecule has 0 aliphatic carbocycles. The molecular formula is C17H24F3N3O2. The van der Waals surface area contributed by atoms with Crippen LogP contribution in [-0.2, 0) is 11.3 Å². The highest BCUT2D eigenvalue weighted by molar-refractivity contribution is 5.79. The van der Waals surface area contributed by atoms with Crippen molar-refractivity contribution in [2.75, 3.05) is 40.5 Å². The molecule has 1 N–H and O–H groups in total. The minimum absolute atomic E-state index is 0.198. The van der Waals surface area contributed by atoms with Crippen molar-refractivity contribution in [2.24, 2.45) is 10.9 Å². The molecule has 1 unspecified atom stereocenters. The number of halogens is 3. The molecule has 1 aromatic rings. The summed E-state index contributed by atoms with van der Waals surface area (Å²) in [5, 5.41) is 3.25. The van der Waals surface area contributed by atoms with Crippen molar-refractivity contribution in [1.29, 1.82) is 0 Å². The van der Waals surface area contributed by atoms with Crippen molar-refractivity contribution in [3.63, 3.8) is 0 Å². The summed E-state index contributed by atoms with van der Waals surface area (Å²) in [5.41, 5.74) is 0.929. The molecule has 1 atom stereocenters. The fourth-order valence-electron chi connectivity index (χ4n) is 2.64. The molecule has 1 aromatic carbocycles. The summed E-state index contributed by atoms with van der Waals surface area (Å²) in [4.78, 5) is 6.32. The smallest absolute Gasteiger partial charge is 0.422 e. The number of nitrogens with one attached hydrogen (secondary N) is 1. The van der Waals surface area contributed by atoms with Crippen LogP contribution >= 0.6 is 0 Å². The minimum Gasteiger partial charge on any atom is -0.484 e. The van der Waals surface area contributed by atoms with E-state index in [4.69, 9.17) is 9.47 Å². The van der Waals surface area contributed by atoms with E-state index in [0.29, 0.717) is 12.5 Å². The van der Waals surface area contributed by atoms with Gasteiger partial charge in [-0.1, -0.05) is 12.1 Å². The van der Waals surface area contributed by atoms with Gasteiger partial charge < -0.3 is 19.7 Å². The van der Waals surface area contributed by atoms with E-state index in [9.17, 15) is 13.2 Å². The van der Waals surface area contributed by atoms with Gasteiger partial charge in [0.15, 0.2) is 12.6 Å². The fraction of sp³-hybridized carbons (Fsp3) is 0.588. The lowest BCUT2D eigenvalue weighted by molar-refractivity contribution is -0.153. The summed E-state index contributed by atoms with van der Waals surface area (Å²) in [6.07, 6.45) is -3.28. The molecular weight excluding hydrogens is 335 g/mol. The van der Waals surface area contributed by atoms with Crippen LogP contribution in [0.1, 0.15) is 12.0 Å². The van der Waals surface area contributed by atoms with Gasteiger partial charge in [-0.2, -0.15) is 13.2 Å². The molecule has 1 aliphatic rings. The number of rotatable bonds is 6. The van der Waals surface area contributed by atoms with Crippen LogP contribution in [0.4, 0.5) is 13.2 Å². The summed E-state index contributed by atoms with van der Waals surface area (Å²) in [5.74, 6) is 1.47. The molecule has 5 nitrogen and oxygen atoms in total. The van der Waals surface area contributed by atoms with Crippen molar-refractivity contribution in [3.05, 3.63) is 29.8 Å². The molecule has 0 amide bonds. The quantitative estimate of drug-likeness (QED) is 0.627. The van der Waals surface area contributed by atoms with Crippen molar-refractivity contribution in [1.82, 2.24) is 10.2 Å². The molecule has 25 heavy (non-hydrogen) atoms. The zero-order valence-electron chi connectivity index (χ0n) is 14.5. The summed E-state index contributed by atoms with van der Waals surface area (Å²) in [6, 6.07) is 6.53. The number of nitrogens with zero attached hydrogens (tertiary/aromatic N) is 2. The fourth-order valence-corrected chi connectivity index (χ4v) is 2.64. The second-order valence-electron chi connectivity index (χ2n) is 6.06. The maximum absolute atomic E-state index is 12.1. The van der Waals surface area contributed by atoms with Crippen LogP contribution in [0, 0.1) is 5.92 Å². The molecule has 1 saturated heterocycles. The van der Waals surface area contributed by atoms with Gasteiger partial charge in [0.1, 0.15) is 5.75 Å². The van der Waals surface area contributed by atoms with Gasteiger partial charge in [-0.15, -0.1) is 0 Å². The minimum atomic E-state index is -4.33. The first-order valence-corrected chi connectivity index (χ1v) is 8.15. The first kappa shape index (κ1) is 19.4. The SMILES string of the molecule is CN=C(NCc1ccc(OCC(F)(F)F)cc1)N(C)CC1CCOC1. The third kappa shape index (κ3) is 6.81. The second kappa shape index (κ2) is 8.94. The Bertz CT molecular complexity index is 555. The van der Waals surface area contributed by atoms with Crippen LogP contribution < -0.4 is 10.1 Å². The second-order valence-corrected chi connectivity index (χ2v) is 6.06. The third-order valence-corrected chi connectivity index (χ3v) is 3.91. The molecule has 8 heteroatoms. The van der Waals surface area contributed by atoms with E-state index >= 15 is 0 Å². The number of guanidine groups is 1. The topological polar surface area (TPSA) is 46.1 Å².